The van der Waals surface area contributed by atoms with Gasteiger partial charge in [0.1, 0.15) is 6.10 Å². The standard InChI is InChI=1S/C13H20O4/c1-9(8-15-3)17-12-6-5-11(10(2)14)7-13(12)16-4/h5-7,9-10,14H,8H2,1-4H3. The maximum Gasteiger partial charge on any atom is 0.161 e. The van der Waals surface area contributed by atoms with Gasteiger partial charge in [-0.2, -0.15) is 0 Å². The van der Waals surface area contributed by atoms with E-state index in [1.54, 1.807) is 33.3 Å². The molecule has 0 radical (unpaired) electrons. The monoisotopic (exact) mass is 240 g/mol. The maximum atomic E-state index is 9.48. The van der Waals surface area contributed by atoms with Crippen LogP contribution >= 0.6 is 0 Å². The maximum absolute atomic E-state index is 9.48. The molecule has 0 fully saturated rings. The van der Waals surface area contributed by atoms with Gasteiger partial charge < -0.3 is 19.3 Å². The molecule has 0 heterocycles. The van der Waals surface area contributed by atoms with Crippen molar-refractivity contribution in [3.05, 3.63) is 23.8 Å². The Labute approximate surface area is 102 Å². The van der Waals surface area contributed by atoms with Crippen LogP contribution in [0.25, 0.3) is 0 Å². The molecule has 0 spiro atoms. The number of rotatable bonds is 6. The van der Waals surface area contributed by atoms with Gasteiger partial charge in [0.05, 0.1) is 19.8 Å². The molecule has 0 amide bonds. The topological polar surface area (TPSA) is 47.9 Å². The third-order valence-corrected chi connectivity index (χ3v) is 2.40. The fraction of sp³-hybridized carbons (Fsp3) is 0.538. The van der Waals surface area contributed by atoms with E-state index in [1.165, 1.54) is 0 Å². The van der Waals surface area contributed by atoms with Crippen LogP contribution in [0.2, 0.25) is 0 Å². The lowest BCUT2D eigenvalue weighted by Gasteiger charge is -2.17. The van der Waals surface area contributed by atoms with Crippen molar-refractivity contribution in [1.29, 1.82) is 0 Å². The number of hydrogen-bond donors (Lipinski definition) is 1. The summed E-state index contributed by atoms with van der Waals surface area (Å²) in [4.78, 5) is 0. The molecule has 0 bridgehead atoms. The van der Waals surface area contributed by atoms with Crippen molar-refractivity contribution in [2.45, 2.75) is 26.1 Å². The lowest BCUT2D eigenvalue weighted by Crippen LogP contribution is -2.18. The fourth-order valence-corrected chi connectivity index (χ4v) is 1.53. The molecular weight excluding hydrogens is 220 g/mol. The van der Waals surface area contributed by atoms with E-state index in [4.69, 9.17) is 14.2 Å². The summed E-state index contributed by atoms with van der Waals surface area (Å²) < 4.78 is 15.9. The van der Waals surface area contributed by atoms with E-state index in [-0.39, 0.29) is 6.10 Å². The molecule has 4 heteroatoms. The third-order valence-electron chi connectivity index (χ3n) is 2.40. The van der Waals surface area contributed by atoms with E-state index >= 15 is 0 Å². The van der Waals surface area contributed by atoms with Crippen molar-refractivity contribution < 1.29 is 19.3 Å². The zero-order valence-corrected chi connectivity index (χ0v) is 10.8. The van der Waals surface area contributed by atoms with Crippen LogP contribution in [-0.2, 0) is 4.74 Å². The first-order chi connectivity index (χ1) is 8.08. The Hall–Kier alpha value is -1.26. The summed E-state index contributed by atoms with van der Waals surface area (Å²) in [5, 5.41) is 9.48. The van der Waals surface area contributed by atoms with Crippen LogP contribution in [0.4, 0.5) is 0 Å². The van der Waals surface area contributed by atoms with Crippen molar-refractivity contribution in [3.63, 3.8) is 0 Å². The highest BCUT2D eigenvalue weighted by molar-refractivity contribution is 5.43. The Bertz CT molecular complexity index is 349. The summed E-state index contributed by atoms with van der Waals surface area (Å²) >= 11 is 0. The summed E-state index contributed by atoms with van der Waals surface area (Å²) in [6.07, 6.45) is -0.569. The Balaban J connectivity index is 2.85. The largest absolute Gasteiger partial charge is 0.493 e. The van der Waals surface area contributed by atoms with E-state index in [0.717, 1.165) is 5.56 Å². The Morgan fingerprint density at radius 3 is 2.41 bits per heavy atom. The Morgan fingerprint density at radius 1 is 1.18 bits per heavy atom. The Kier molecular flexibility index (Phi) is 5.25. The molecule has 17 heavy (non-hydrogen) atoms. The van der Waals surface area contributed by atoms with E-state index in [9.17, 15) is 5.11 Å². The molecule has 0 saturated carbocycles. The summed E-state index contributed by atoms with van der Waals surface area (Å²) in [5.41, 5.74) is 0.800. The van der Waals surface area contributed by atoms with Crippen LogP contribution in [0, 0.1) is 0 Å². The van der Waals surface area contributed by atoms with Gasteiger partial charge in [-0.25, -0.2) is 0 Å². The van der Waals surface area contributed by atoms with E-state index in [0.29, 0.717) is 18.1 Å². The van der Waals surface area contributed by atoms with Crippen molar-refractivity contribution in [2.75, 3.05) is 20.8 Å². The predicted octanol–water partition coefficient (Wildman–Crippen LogP) is 2.16. The number of benzene rings is 1. The highest BCUT2D eigenvalue weighted by Gasteiger charge is 2.11. The molecule has 1 aromatic carbocycles. The fourth-order valence-electron chi connectivity index (χ4n) is 1.53. The summed E-state index contributed by atoms with van der Waals surface area (Å²) in [6, 6.07) is 5.40. The van der Waals surface area contributed by atoms with Gasteiger partial charge in [-0.3, -0.25) is 0 Å². The number of ether oxygens (including phenoxy) is 3. The van der Waals surface area contributed by atoms with Crippen molar-refractivity contribution >= 4 is 0 Å². The van der Waals surface area contributed by atoms with Crippen molar-refractivity contribution in [1.82, 2.24) is 0 Å². The molecule has 0 saturated heterocycles. The average Bonchev–Trinajstić information content (AvgIpc) is 2.29. The predicted molar refractivity (Wildman–Crippen MR) is 65.6 cm³/mol. The third kappa shape index (κ3) is 3.91. The summed E-state index contributed by atoms with van der Waals surface area (Å²) in [5.74, 6) is 1.27. The lowest BCUT2D eigenvalue weighted by atomic mass is 10.1. The van der Waals surface area contributed by atoms with Gasteiger partial charge >= 0.3 is 0 Å². The first-order valence-corrected chi connectivity index (χ1v) is 5.60. The highest BCUT2D eigenvalue weighted by atomic mass is 16.5. The molecule has 1 aromatic rings. The van der Waals surface area contributed by atoms with Crippen LogP contribution in [0.3, 0.4) is 0 Å². The molecular formula is C13H20O4. The normalized spacial score (nSPS) is 14.2. The zero-order chi connectivity index (χ0) is 12.8. The number of hydrogen-bond acceptors (Lipinski definition) is 4. The van der Waals surface area contributed by atoms with E-state index < -0.39 is 6.10 Å². The molecule has 1 rings (SSSR count). The number of aliphatic hydroxyl groups is 1. The molecule has 2 unspecified atom stereocenters. The van der Waals surface area contributed by atoms with Crippen molar-refractivity contribution in [2.24, 2.45) is 0 Å². The summed E-state index contributed by atoms with van der Waals surface area (Å²) in [7, 11) is 3.21. The molecule has 0 aliphatic heterocycles. The number of methoxy groups -OCH3 is 2. The van der Waals surface area contributed by atoms with Crippen molar-refractivity contribution in [3.8, 4) is 11.5 Å². The van der Waals surface area contributed by atoms with Gasteiger partial charge in [-0.1, -0.05) is 6.07 Å². The first-order valence-electron chi connectivity index (χ1n) is 5.60. The van der Waals surface area contributed by atoms with Crippen LogP contribution in [0.1, 0.15) is 25.5 Å². The summed E-state index contributed by atoms with van der Waals surface area (Å²) in [6.45, 7) is 4.15. The second kappa shape index (κ2) is 6.47. The highest BCUT2D eigenvalue weighted by Crippen LogP contribution is 2.30. The van der Waals surface area contributed by atoms with Gasteiger partial charge in [0, 0.05) is 7.11 Å². The molecule has 0 aromatic heterocycles. The molecule has 96 valence electrons. The van der Waals surface area contributed by atoms with E-state index in [1.807, 2.05) is 13.0 Å². The van der Waals surface area contributed by atoms with Gasteiger partial charge in [0.2, 0.25) is 0 Å². The molecule has 2 atom stereocenters. The lowest BCUT2D eigenvalue weighted by molar-refractivity contribution is 0.0899. The SMILES string of the molecule is COCC(C)Oc1ccc(C(C)O)cc1OC. The minimum Gasteiger partial charge on any atom is -0.493 e. The first kappa shape index (κ1) is 13.8. The van der Waals surface area contributed by atoms with Gasteiger partial charge in [-0.15, -0.1) is 0 Å². The minimum absolute atomic E-state index is 0.0497. The molecule has 4 nitrogen and oxygen atoms in total. The van der Waals surface area contributed by atoms with Gasteiger partial charge in [-0.05, 0) is 31.5 Å². The second-order valence-corrected chi connectivity index (χ2v) is 3.97. The minimum atomic E-state index is -0.519. The smallest absolute Gasteiger partial charge is 0.161 e. The molecule has 0 aliphatic rings. The molecule has 1 N–H and O–H groups in total. The quantitative estimate of drug-likeness (QED) is 0.827. The number of aliphatic hydroxyl groups excluding tert-OH is 1. The van der Waals surface area contributed by atoms with Crippen LogP contribution in [-0.4, -0.2) is 32.0 Å². The Morgan fingerprint density at radius 2 is 1.88 bits per heavy atom. The van der Waals surface area contributed by atoms with Crippen LogP contribution in [0.15, 0.2) is 18.2 Å². The second-order valence-electron chi connectivity index (χ2n) is 3.97. The van der Waals surface area contributed by atoms with E-state index in [2.05, 4.69) is 0 Å². The molecule has 0 aliphatic carbocycles. The zero-order valence-electron chi connectivity index (χ0n) is 10.8. The van der Waals surface area contributed by atoms with Gasteiger partial charge in [0.25, 0.3) is 0 Å². The van der Waals surface area contributed by atoms with Crippen LogP contribution < -0.4 is 9.47 Å². The van der Waals surface area contributed by atoms with Crippen LogP contribution in [0.5, 0.6) is 11.5 Å². The van der Waals surface area contributed by atoms with Gasteiger partial charge in [0.15, 0.2) is 11.5 Å². The average molecular weight is 240 g/mol.